The standard InChI is InChI=1S/C12H10ClN3O/c13-10-2-1-3-11-9(10)6-12(17)16(11)8-15-5-4-14-7-15/h1-5,7H,6,8H2. The van der Waals surface area contributed by atoms with Gasteiger partial charge in [-0.1, -0.05) is 17.7 Å². The Balaban J connectivity index is 1.97. The van der Waals surface area contributed by atoms with E-state index < -0.39 is 0 Å². The summed E-state index contributed by atoms with van der Waals surface area (Å²) in [6.07, 6.45) is 5.59. The molecule has 0 atom stereocenters. The van der Waals surface area contributed by atoms with Gasteiger partial charge in [-0.15, -0.1) is 0 Å². The van der Waals surface area contributed by atoms with Crippen molar-refractivity contribution in [1.29, 1.82) is 0 Å². The van der Waals surface area contributed by atoms with Gasteiger partial charge in [-0.05, 0) is 12.1 Å². The third kappa shape index (κ3) is 1.70. The Bertz CT molecular complexity index is 565. The van der Waals surface area contributed by atoms with Crippen molar-refractivity contribution < 1.29 is 4.79 Å². The molecule has 2 heterocycles. The first-order valence-corrected chi connectivity index (χ1v) is 5.67. The average Bonchev–Trinajstić information content (AvgIpc) is 2.91. The number of nitrogens with zero attached hydrogens (tertiary/aromatic N) is 3. The highest BCUT2D eigenvalue weighted by Gasteiger charge is 2.28. The maximum Gasteiger partial charge on any atom is 0.233 e. The molecule has 3 rings (SSSR count). The molecule has 0 radical (unpaired) electrons. The van der Waals surface area contributed by atoms with E-state index in [-0.39, 0.29) is 5.91 Å². The van der Waals surface area contributed by atoms with Crippen LogP contribution in [0.2, 0.25) is 5.02 Å². The minimum absolute atomic E-state index is 0.0711. The molecule has 1 amide bonds. The van der Waals surface area contributed by atoms with Gasteiger partial charge in [-0.25, -0.2) is 4.98 Å². The molecule has 0 fully saturated rings. The van der Waals surface area contributed by atoms with Crippen molar-refractivity contribution in [3.8, 4) is 0 Å². The molecule has 17 heavy (non-hydrogen) atoms. The zero-order chi connectivity index (χ0) is 11.8. The summed E-state index contributed by atoms with van der Waals surface area (Å²) in [5.74, 6) is 0.0711. The minimum atomic E-state index is 0.0711. The first kappa shape index (κ1) is 10.4. The molecular formula is C12H10ClN3O. The molecule has 0 spiro atoms. The predicted octanol–water partition coefficient (Wildman–Crippen LogP) is 2.08. The van der Waals surface area contributed by atoms with Gasteiger partial charge in [-0.2, -0.15) is 0 Å². The first-order valence-electron chi connectivity index (χ1n) is 5.29. The molecule has 86 valence electrons. The van der Waals surface area contributed by atoms with Gasteiger partial charge in [0.05, 0.1) is 18.4 Å². The van der Waals surface area contributed by atoms with Crippen LogP contribution in [-0.2, 0) is 17.9 Å². The number of fused-ring (bicyclic) bond motifs is 1. The van der Waals surface area contributed by atoms with Crippen LogP contribution in [0, 0.1) is 0 Å². The van der Waals surface area contributed by atoms with Crippen LogP contribution in [0.15, 0.2) is 36.9 Å². The fraction of sp³-hybridized carbons (Fsp3) is 0.167. The lowest BCUT2D eigenvalue weighted by Crippen LogP contribution is -2.28. The number of carbonyl (C=O) groups excluding carboxylic acids is 1. The Kier molecular flexibility index (Phi) is 2.37. The molecule has 1 aliphatic heterocycles. The van der Waals surface area contributed by atoms with Gasteiger partial charge in [0.25, 0.3) is 0 Å². The second-order valence-corrected chi connectivity index (χ2v) is 4.36. The maximum absolute atomic E-state index is 11.9. The Labute approximate surface area is 103 Å². The summed E-state index contributed by atoms with van der Waals surface area (Å²) in [5.41, 5.74) is 1.82. The number of anilines is 1. The van der Waals surface area contributed by atoms with Gasteiger partial charge in [0.15, 0.2) is 0 Å². The summed E-state index contributed by atoms with van der Waals surface area (Å²) in [7, 11) is 0. The summed E-state index contributed by atoms with van der Waals surface area (Å²) in [5, 5.41) is 0.656. The second kappa shape index (κ2) is 3.89. The Morgan fingerprint density at radius 3 is 3.06 bits per heavy atom. The lowest BCUT2D eigenvalue weighted by molar-refractivity contribution is -0.117. The Morgan fingerprint density at radius 2 is 2.29 bits per heavy atom. The lowest BCUT2D eigenvalue weighted by Gasteiger charge is -2.17. The highest BCUT2D eigenvalue weighted by atomic mass is 35.5. The topological polar surface area (TPSA) is 38.1 Å². The van der Waals surface area contributed by atoms with E-state index >= 15 is 0 Å². The number of hydrogen-bond acceptors (Lipinski definition) is 2. The highest BCUT2D eigenvalue weighted by Crippen LogP contribution is 2.34. The highest BCUT2D eigenvalue weighted by molar-refractivity contribution is 6.32. The van der Waals surface area contributed by atoms with Crippen molar-refractivity contribution in [2.24, 2.45) is 0 Å². The molecule has 2 aromatic rings. The summed E-state index contributed by atoms with van der Waals surface area (Å²) >= 11 is 6.08. The normalized spacial score (nSPS) is 14.2. The van der Waals surface area contributed by atoms with Crippen molar-refractivity contribution in [2.45, 2.75) is 13.1 Å². The molecule has 1 aromatic heterocycles. The third-order valence-corrected chi connectivity index (χ3v) is 3.23. The fourth-order valence-electron chi connectivity index (χ4n) is 2.04. The van der Waals surface area contributed by atoms with E-state index in [9.17, 15) is 4.79 Å². The van der Waals surface area contributed by atoms with E-state index in [0.717, 1.165) is 11.3 Å². The molecule has 0 unspecified atom stereocenters. The van der Waals surface area contributed by atoms with Crippen LogP contribution >= 0.6 is 11.6 Å². The summed E-state index contributed by atoms with van der Waals surface area (Å²) in [6, 6.07) is 5.60. The predicted molar refractivity (Wildman–Crippen MR) is 64.9 cm³/mol. The lowest BCUT2D eigenvalue weighted by atomic mass is 10.2. The molecule has 0 saturated carbocycles. The van der Waals surface area contributed by atoms with Gasteiger partial charge >= 0.3 is 0 Å². The van der Waals surface area contributed by atoms with Crippen LogP contribution in [0.25, 0.3) is 0 Å². The quantitative estimate of drug-likeness (QED) is 0.815. The van der Waals surface area contributed by atoms with Crippen LogP contribution in [0.5, 0.6) is 0 Å². The molecule has 0 saturated heterocycles. The summed E-state index contributed by atoms with van der Waals surface area (Å²) < 4.78 is 1.86. The zero-order valence-electron chi connectivity index (χ0n) is 9.01. The second-order valence-electron chi connectivity index (χ2n) is 3.95. The number of amides is 1. The van der Waals surface area contributed by atoms with Crippen LogP contribution < -0.4 is 4.90 Å². The summed E-state index contributed by atoms with van der Waals surface area (Å²) in [4.78, 5) is 17.6. The van der Waals surface area contributed by atoms with Crippen molar-refractivity contribution in [2.75, 3.05) is 4.90 Å². The number of imidazole rings is 1. The van der Waals surface area contributed by atoms with Crippen LogP contribution in [0.1, 0.15) is 5.56 Å². The third-order valence-electron chi connectivity index (χ3n) is 2.88. The van der Waals surface area contributed by atoms with E-state index in [0.29, 0.717) is 18.1 Å². The number of hydrogen-bond donors (Lipinski definition) is 0. The monoisotopic (exact) mass is 247 g/mol. The van der Waals surface area contributed by atoms with E-state index in [1.165, 1.54) is 0 Å². The SMILES string of the molecule is O=C1Cc2c(Cl)cccc2N1Cn1ccnc1. The molecule has 5 heteroatoms. The average molecular weight is 248 g/mol. The minimum Gasteiger partial charge on any atom is -0.319 e. The number of halogens is 1. The van der Waals surface area contributed by atoms with E-state index in [2.05, 4.69) is 4.98 Å². The Hall–Kier alpha value is -1.81. The van der Waals surface area contributed by atoms with E-state index in [1.54, 1.807) is 17.4 Å². The van der Waals surface area contributed by atoms with Crippen molar-refractivity contribution in [1.82, 2.24) is 9.55 Å². The van der Waals surface area contributed by atoms with Crippen LogP contribution in [0.4, 0.5) is 5.69 Å². The van der Waals surface area contributed by atoms with E-state index in [4.69, 9.17) is 11.6 Å². The van der Waals surface area contributed by atoms with Gasteiger partial charge in [0, 0.05) is 23.0 Å². The maximum atomic E-state index is 11.9. The molecule has 0 aliphatic carbocycles. The number of benzene rings is 1. The number of aromatic nitrogens is 2. The number of carbonyl (C=O) groups is 1. The molecule has 1 aromatic carbocycles. The summed E-state index contributed by atoms with van der Waals surface area (Å²) in [6.45, 7) is 0.478. The molecule has 0 N–H and O–H groups in total. The van der Waals surface area contributed by atoms with Gasteiger partial charge < -0.3 is 4.57 Å². The van der Waals surface area contributed by atoms with Gasteiger partial charge in [0.2, 0.25) is 5.91 Å². The van der Waals surface area contributed by atoms with Crippen molar-refractivity contribution >= 4 is 23.2 Å². The Morgan fingerprint density at radius 1 is 1.41 bits per heavy atom. The first-order chi connectivity index (χ1) is 8.25. The van der Waals surface area contributed by atoms with Gasteiger partial charge in [0.1, 0.15) is 6.67 Å². The molecular weight excluding hydrogens is 238 g/mol. The van der Waals surface area contributed by atoms with E-state index in [1.807, 2.05) is 29.0 Å². The number of rotatable bonds is 2. The van der Waals surface area contributed by atoms with Crippen molar-refractivity contribution in [3.05, 3.63) is 47.5 Å². The smallest absolute Gasteiger partial charge is 0.233 e. The molecule has 1 aliphatic rings. The van der Waals surface area contributed by atoms with Gasteiger partial charge in [-0.3, -0.25) is 9.69 Å². The van der Waals surface area contributed by atoms with Crippen LogP contribution in [-0.4, -0.2) is 15.5 Å². The fourth-order valence-corrected chi connectivity index (χ4v) is 2.28. The molecule has 0 bridgehead atoms. The zero-order valence-corrected chi connectivity index (χ0v) is 9.76. The van der Waals surface area contributed by atoms with Crippen LogP contribution in [0.3, 0.4) is 0 Å². The molecule has 4 nitrogen and oxygen atoms in total. The van der Waals surface area contributed by atoms with Crippen molar-refractivity contribution in [3.63, 3.8) is 0 Å². The largest absolute Gasteiger partial charge is 0.319 e.